The fourth-order valence-corrected chi connectivity index (χ4v) is 5.42. The van der Waals surface area contributed by atoms with Gasteiger partial charge in [-0.05, 0) is 29.3 Å². The first-order valence-electron chi connectivity index (χ1n) is 9.38. The van der Waals surface area contributed by atoms with Crippen LogP contribution < -0.4 is 4.74 Å². The Hall–Kier alpha value is -2.10. The molecule has 9 heteroatoms. The monoisotopic (exact) mass is 426 g/mol. The Morgan fingerprint density at radius 3 is 2.45 bits per heavy atom. The summed E-state index contributed by atoms with van der Waals surface area (Å²) in [5.74, 6) is 0.910. The van der Waals surface area contributed by atoms with Gasteiger partial charge < -0.3 is 4.74 Å². The van der Waals surface area contributed by atoms with Gasteiger partial charge in [-0.3, -0.25) is 4.90 Å². The van der Waals surface area contributed by atoms with Crippen molar-refractivity contribution in [2.45, 2.75) is 24.0 Å². The minimum absolute atomic E-state index is 0.155. The van der Waals surface area contributed by atoms with Gasteiger partial charge in [0, 0.05) is 39.1 Å². The lowest BCUT2D eigenvalue weighted by molar-refractivity contribution is -0.139. The van der Waals surface area contributed by atoms with Crippen LogP contribution in [0.2, 0.25) is 0 Å². The van der Waals surface area contributed by atoms with Crippen LogP contribution in [0.5, 0.6) is 5.75 Å². The lowest BCUT2D eigenvalue weighted by atomic mass is 10.1. The zero-order valence-electron chi connectivity index (χ0n) is 15.7. The van der Waals surface area contributed by atoms with E-state index in [2.05, 4.69) is 11.0 Å². The van der Waals surface area contributed by atoms with E-state index < -0.39 is 26.7 Å². The van der Waals surface area contributed by atoms with E-state index in [0.717, 1.165) is 34.2 Å². The Bertz CT molecular complexity index is 1000. The normalized spacial score (nSPS) is 18.4. The molecule has 0 saturated carbocycles. The Morgan fingerprint density at radius 1 is 1.00 bits per heavy atom. The number of alkyl halides is 3. The second-order valence-electron chi connectivity index (χ2n) is 7.21. The highest BCUT2D eigenvalue weighted by Crippen LogP contribution is 2.35. The number of piperazine rings is 1. The summed E-state index contributed by atoms with van der Waals surface area (Å²) in [5.41, 5.74) is 1.17. The molecule has 4 rings (SSSR count). The fraction of sp³-hybridized carbons (Fsp3) is 0.400. The zero-order chi connectivity index (χ0) is 20.6. The number of benzene rings is 2. The molecule has 0 atom stereocenters. The lowest BCUT2D eigenvalue weighted by Crippen LogP contribution is -2.48. The van der Waals surface area contributed by atoms with Gasteiger partial charge in [-0.2, -0.15) is 17.5 Å². The fourth-order valence-electron chi connectivity index (χ4n) is 3.79. The van der Waals surface area contributed by atoms with Crippen molar-refractivity contribution >= 4 is 10.0 Å². The third kappa shape index (κ3) is 4.12. The molecule has 2 aromatic rings. The van der Waals surface area contributed by atoms with Crippen LogP contribution in [0.25, 0.3) is 0 Å². The van der Waals surface area contributed by atoms with Crippen molar-refractivity contribution in [3.05, 3.63) is 59.2 Å². The van der Waals surface area contributed by atoms with Crippen molar-refractivity contribution < 1.29 is 26.3 Å². The van der Waals surface area contributed by atoms with Crippen molar-refractivity contribution in [3.63, 3.8) is 0 Å². The summed E-state index contributed by atoms with van der Waals surface area (Å²) in [6.45, 7) is 2.59. The van der Waals surface area contributed by atoms with E-state index in [0.29, 0.717) is 26.2 Å². The SMILES string of the molecule is O=S(=O)(c1ccccc1C(F)(F)F)N1CCN(Cc2ccc3c(c2)CCO3)CC1. The molecule has 2 aliphatic rings. The number of sulfonamides is 1. The van der Waals surface area contributed by atoms with Crippen LogP contribution in [0.3, 0.4) is 0 Å². The number of nitrogens with zero attached hydrogens (tertiary/aromatic N) is 2. The van der Waals surface area contributed by atoms with Gasteiger partial charge in [0.25, 0.3) is 0 Å². The van der Waals surface area contributed by atoms with Crippen molar-refractivity contribution in [1.29, 1.82) is 0 Å². The van der Waals surface area contributed by atoms with Crippen molar-refractivity contribution in [2.75, 3.05) is 32.8 Å². The quantitative estimate of drug-likeness (QED) is 0.754. The topological polar surface area (TPSA) is 49.9 Å². The van der Waals surface area contributed by atoms with Gasteiger partial charge in [0.05, 0.1) is 17.1 Å². The molecule has 0 bridgehead atoms. The maximum absolute atomic E-state index is 13.2. The van der Waals surface area contributed by atoms with Crippen molar-refractivity contribution in [3.8, 4) is 5.75 Å². The number of rotatable bonds is 4. The average molecular weight is 426 g/mol. The number of halogens is 3. The molecule has 1 saturated heterocycles. The molecule has 0 aliphatic carbocycles. The molecule has 0 N–H and O–H groups in total. The van der Waals surface area contributed by atoms with E-state index in [9.17, 15) is 21.6 Å². The molecular weight excluding hydrogens is 405 g/mol. The summed E-state index contributed by atoms with van der Waals surface area (Å²) in [7, 11) is -4.21. The van der Waals surface area contributed by atoms with Crippen LogP contribution in [0, 0.1) is 0 Å². The maximum atomic E-state index is 13.2. The molecule has 156 valence electrons. The summed E-state index contributed by atoms with van der Waals surface area (Å²) in [5, 5.41) is 0. The number of hydrogen-bond acceptors (Lipinski definition) is 4. The molecule has 0 spiro atoms. The summed E-state index contributed by atoms with van der Waals surface area (Å²) in [4.78, 5) is 1.43. The zero-order valence-corrected chi connectivity index (χ0v) is 16.5. The first-order valence-corrected chi connectivity index (χ1v) is 10.8. The molecule has 0 radical (unpaired) electrons. The van der Waals surface area contributed by atoms with Crippen LogP contribution in [-0.4, -0.2) is 50.4 Å². The molecule has 0 aromatic heterocycles. The van der Waals surface area contributed by atoms with E-state index in [1.807, 2.05) is 12.1 Å². The van der Waals surface area contributed by atoms with Gasteiger partial charge in [-0.15, -0.1) is 0 Å². The minimum atomic E-state index is -4.72. The second kappa shape index (κ2) is 7.62. The first kappa shape index (κ1) is 20.2. The van der Waals surface area contributed by atoms with Gasteiger partial charge in [-0.1, -0.05) is 24.3 Å². The lowest BCUT2D eigenvalue weighted by Gasteiger charge is -2.34. The van der Waals surface area contributed by atoms with Gasteiger partial charge in [0.2, 0.25) is 10.0 Å². The maximum Gasteiger partial charge on any atom is 0.417 e. The molecule has 0 amide bonds. The van der Waals surface area contributed by atoms with Gasteiger partial charge in [0.1, 0.15) is 5.75 Å². The smallest absolute Gasteiger partial charge is 0.417 e. The third-order valence-corrected chi connectivity index (χ3v) is 7.26. The van der Waals surface area contributed by atoms with Gasteiger partial charge >= 0.3 is 6.18 Å². The molecule has 2 heterocycles. The highest BCUT2D eigenvalue weighted by atomic mass is 32.2. The summed E-state index contributed by atoms with van der Waals surface area (Å²) < 4.78 is 72.1. The predicted molar refractivity (Wildman–Crippen MR) is 101 cm³/mol. The van der Waals surface area contributed by atoms with E-state index in [4.69, 9.17) is 4.74 Å². The van der Waals surface area contributed by atoms with Crippen LogP contribution in [0.1, 0.15) is 16.7 Å². The Kier molecular flexibility index (Phi) is 5.30. The van der Waals surface area contributed by atoms with E-state index in [1.165, 1.54) is 17.7 Å². The largest absolute Gasteiger partial charge is 0.493 e. The molecule has 0 unspecified atom stereocenters. The van der Waals surface area contributed by atoms with Crippen LogP contribution in [-0.2, 0) is 29.2 Å². The van der Waals surface area contributed by atoms with E-state index >= 15 is 0 Å². The van der Waals surface area contributed by atoms with Crippen LogP contribution >= 0.6 is 0 Å². The van der Waals surface area contributed by atoms with Gasteiger partial charge in [-0.25, -0.2) is 8.42 Å². The summed E-state index contributed by atoms with van der Waals surface area (Å²) in [6, 6.07) is 10.4. The van der Waals surface area contributed by atoms with Gasteiger partial charge in [0.15, 0.2) is 0 Å². The molecule has 2 aliphatic heterocycles. The molecule has 2 aromatic carbocycles. The summed E-state index contributed by atoms with van der Waals surface area (Å²) >= 11 is 0. The first-order chi connectivity index (χ1) is 13.7. The Labute approximate surface area is 167 Å². The van der Waals surface area contributed by atoms with Crippen LogP contribution in [0.15, 0.2) is 47.4 Å². The molecule has 1 fully saturated rings. The number of hydrogen-bond donors (Lipinski definition) is 0. The average Bonchev–Trinajstić information content (AvgIpc) is 3.16. The Balaban J connectivity index is 1.44. The highest BCUT2D eigenvalue weighted by Gasteiger charge is 2.39. The Morgan fingerprint density at radius 2 is 1.72 bits per heavy atom. The molecule has 29 heavy (non-hydrogen) atoms. The third-order valence-electron chi connectivity index (χ3n) is 5.30. The molecule has 5 nitrogen and oxygen atoms in total. The van der Waals surface area contributed by atoms with Crippen molar-refractivity contribution in [1.82, 2.24) is 9.21 Å². The predicted octanol–water partition coefficient (Wildman–Crippen LogP) is 3.15. The summed E-state index contributed by atoms with van der Waals surface area (Å²) in [6.07, 6.45) is -3.84. The van der Waals surface area contributed by atoms with E-state index in [1.54, 1.807) is 0 Å². The van der Waals surface area contributed by atoms with Crippen molar-refractivity contribution in [2.24, 2.45) is 0 Å². The molecular formula is C20H21F3N2O3S. The standard InChI is InChI=1S/C20H21F3N2O3S/c21-20(22,23)17-3-1-2-4-19(17)29(26,27)25-10-8-24(9-11-25)14-15-5-6-18-16(13-15)7-12-28-18/h1-6,13H,7-12,14H2. The van der Waals surface area contributed by atoms with Crippen LogP contribution in [0.4, 0.5) is 13.2 Å². The number of ether oxygens (including phenoxy) is 1. The van der Waals surface area contributed by atoms with E-state index in [-0.39, 0.29) is 13.1 Å². The minimum Gasteiger partial charge on any atom is -0.493 e. The number of fused-ring (bicyclic) bond motifs is 1. The second-order valence-corrected chi connectivity index (χ2v) is 9.12. The highest BCUT2D eigenvalue weighted by molar-refractivity contribution is 7.89.